The number of nitrogens with one attached hydrogen (secondary N) is 2. The lowest BCUT2D eigenvalue weighted by molar-refractivity contribution is -0.00348. The summed E-state index contributed by atoms with van der Waals surface area (Å²) in [4.78, 5) is 11.7. The summed E-state index contributed by atoms with van der Waals surface area (Å²) in [7, 11) is 0. The van der Waals surface area contributed by atoms with Crippen molar-refractivity contribution in [2.24, 2.45) is 0 Å². The Morgan fingerprint density at radius 1 is 1.57 bits per heavy atom. The molecule has 0 radical (unpaired) electrons. The Morgan fingerprint density at radius 3 is 2.71 bits per heavy atom. The Hall–Kier alpha value is -1.36. The number of aryl methyl sites for hydroxylation is 2. The van der Waals surface area contributed by atoms with Crippen molar-refractivity contribution in [1.29, 1.82) is 0 Å². The Morgan fingerprint density at radius 2 is 2.29 bits per heavy atom. The van der Waals surface area contributed by atoms with Crippen molar-refractivity contribution in [2.45, 2.75) is 19.9 Å². The molecule has 2 N–H and O–H groups in total. The molecule has 14 heavy (non-hydrogen) atoms. The molecule has 76 valence electrons. The van der Waals surface area contributed by atoms with E-state index in [4.69, 9.17) is 4.74 Å². The SMILES string of the molecule is Cc1n[nH]c(C)c1C(=O)NC1COC1. The normalized spacial score (nSPS) is 16.4. The van der Waals surface area contributed by atoms with Crippen molar-refractivity contribution < 1.29 is 9.53 Å². The molecule has 0 atom stereocenters. The molecule has 2 heterocycles. The first-order chi connectivity index (χ1) is 6.68. The van der Waals surface area contributed by atoms with E-state index >= 15 is 0 Å². The minimum absolute atomic E-state index is 0.0675. The summed E-state index contributed by atoms with van der Waals surface area (Å²) in [6.07, 6.45) is 0. The fourth-order valence-corrected chi connectivity index (χ4v) is 1.46. The monoisotopic (exact) mass is 195 g/mol. The van der Waals surface area contributed by atoms with Gasteiger partial charge in [-0.3, -0.25) is 9.89 Å². The van der Waals surface area contributed by atoms with Gasteiger partial charge in [0, 0.05) is 5.69 Å². The van der Waals surface area contributed by atoms with E-state index in [-0.39, 0.29) is 11.9 Å². The van der Waals surface area contributed by atoms with Gasteiger partial charge in [-0.2, -0.15) is 5.10 Å². The van der Waals surface area contributed by atoms with E-state index in [1.54, 1.807) is 0 Å². The second-order valence-corrected chi connectivity index (χ2v) is 3.52. The zero-order chi connectivity index (χ0) is 10.1. The zero-order valence-corrected chi connectivity index (χ0v) is 8.26. The summed E-state index contributed by atoms with van der Waals surface area (Å²) in [6, 6.07) is 0.163. The second kappa shape index (κ2) is 3.42. The summed E-state index contributed by atoms with van der Waals surface area (Å²) in [5.74, 6) is -0.0675. The van der Waals surface area contributed by atoms with Gasteiger partial charge in [0.25, 0.3) is 5.91 Å². The highest BCUT2D eigenvalue weighted by Crippen LogP contribution is 2.10. The van der Waals surface area contributed by atoms with Crippen LogP contribution in [0, 0.1) is 13.8 Å². The van der Waals surface area contributed by atoms with Crippen LogP contribution in [0.25, 0.3) is 0 Å². The number of amides is 1. The Labute approximate surface area is 81.8 Å². The lowest BCUT2D eigenvalue weighted by Gasteiger charge is -2.26. The molecule has 1 amide bonds. The minimum atomic E-state index is -0.0675. The summed E-state index contributed by atoms with van der Waals surface area (Å²) in [5, 5.41) is 9.63. The highest BCUT2D eigenvalue weighted by atomic mass is 16.5. The Kier molecular flexibility index (Phi) is 2.25. The highest BCUT2D eigenvalue weighted by molar-refractivity contribution is 5.96. The third kappa shape index (κ3) is 1.50. The molecule has 1 aromatic heterocycles. The molecular weight excluding hydrogens is 182 g/mol. The maximum absolute atomic E-state index is 11.7. The molecular formula is C9H13N3O2. The molecule has 1 aromatic rings. The van der Waals surface area contributed by atoms with Crippen LogP contribution >= 0.6 is 0 Å². The maximum Gasteiger partial charge on any atom is 0.255 e. The maximum atomic E-state index is 11.7. The lowest BCUT2D eigenvalue weighted by Crippen LogP contribution is -2.48. The van der Waals surface area contributed by atoms with E-state index in [2.05, 4.69) is 15.5 Å². The van der Waals surface area contributed by atoms with Crippen molar-refractivity contribution >= 4 is 5.91 Å². The second-order valence-electron chi connectivity index (χ2n) is 3.52. The number of rotatable bonds is 2. The van der Waals surface area contributed by atoms with Crippen LogP contribution in [0.5, 0.6) is 0 Å². The number of hydrogen-bond donors (Lipinski definition) is 2. The smallest absolute Gasteiger partial charge is 0.255 e. The number of aromatic nitrogens is 2. The molecule has 0 aromatic carbocycles. The van der Waals surface area contributed by atoms with Crippen LogP contribution in [0.4, 0.5) is 0 Å². The quantitative estimate of drug-likeness (QED) is 0.706. The van der Waals surface area contributed by atoms with Gasteiger partial charge in [-0.25, -0.2) is 0 Å². The van der Waals surface area contributed by atoms with Crippen LogP contribution in [-0.4, -0.2) is 35.4 Å². The van der Waals surface area contributed by atoms with Gasteiger partial charge < -0.3 is 10.1 Å². The van der Waals surface area contributed by atoms with Gasteiger partial charge in [0.1, 0.15) is 0 Å². The number of hydrogen-bond acceptors (Lipinski definition) is 3. The van der Waals surface area contributed by atoms with Gasteiger partial charge in [-0.1, -0.05) is 0 Å². The Bertz CT molecular complexity index is 335. The number of nitrogens with zero attached hydrogens (tertiary/aromatic N) is 1. The fraction of sp³-hybridized carbons (Fsp3) is 0.556. The molecule has 1 saturated heterocycles. The number of H-pyrrole nitrogens is 1. The number of carbonyl (C=O) groups is 1. The standard InChI is InChI=1S/C9H13N3O2/c1-5-8(6(2)12-11-5)9(13)10-7-3-14-4-7/h7H,3-4H2,1-2H3,(H,10,13)(H,11,12). The number of carbonyl (C=O) groups excluding carboxylic acids is 1. The van der Waals surface area contributed by atoms with E-state index in [1.807, 2.05) is 13.8 Å². The molecule has 1 aliphatic rings. The average molecular weight is 195 g/mol. The van der Waals surface area contributed by atoms with Crippen LogP contribution in [0.3, 0.4) is 0 Å². The van der Waals surface area contributed by atoms with Gasteiger partial charge in [0.15, 0.2) is 0 Å². The van der Waals surface area contributed by atoms with E-state index in [0.717, 1.165) is 11.4 Å². The van der Waals surface area contributed by atoms with Gasteiger partial charge in [-0.15, -0.1) is 0 Å². The summed E-state index contributed by atoms with van der Waals surface area (Å²) in [6.45, 7) is 4.88. The molecule has 0 unspecified atom stereocenters. The molecule has 1 aliphatic heterocycles. The topological polar surface area (TPSA) is 67.0 Å². The first kappa shape index (κ1) is 9.21. The number of ether oxygens (including phenoxy) is 1. The molecule has 0 spiro atoms. The minimum Gasteiger partial charge on any atom is -0.377 e. The van der Waals surface area contributed by atoms with Crippen LogP contribution in [0.15, 0.2) is 0 Å². The molecule has 0 aliphatic carbocycles. The molecule has 0 saturated carbocycles. The van der Waals surface area contributed by atoms with Crippen LogP contribution in [0.1, 0.15) is 21.7 Å². The highest BCUT2D eigenvalue weighted by Gasteiger charge is 2.23. The van der Waals surface area contributed by atoms with E-state index in [0.29, 0.717) is 18.8 Å². The van der Waals surface area contributed by atoms with E-state index in [9.17, 15) is 4.79 Å². The van der Waals surface area contributed by atoms with Gasteiger partial charge in [-0.05, 0) is 13.8 Å². The Balaban J connectivity index is 2.09. The third-order valence-electron chi connectivity index (χ3n) is 2.33. The molecule has 5 heteroatoms. The molecule has 5 nitrogen and oxygen atoms in total. The lowest BCUT2D eigenvalue weighted by atomic mass is 10.1. The largest absolute Gasteiger partial charge is 0.377 e. The van der Waals surface area contributed by atoms with Crippen LogP contribution in [-0.2, 0) is 4.74 Å². The molecule has 2 rings (SSSR count). The van der Waals surface area contributed by atoms with Crippen LogP contribution < -0.4 is 5.32 Å². The van der Waals surface area contributed by atoms with Crippen molar-refractivity contribution in [3.05, 3.63) is 17.0 Å². The van der Waals surface area contributed by atoms with E-state index in [1.165, 1.54) is 0 Å². The van der Waals surface area contributed by atoms with E-state index < -0.39 is 0 Å². The molecule has 0 bridgehead atoms. The molecule has 1 fully saturated rings. The fourth-order valence-electron chi connectivity index (χ4n) is 1.46. The first-order valence-corrected chi connectivity index (χ1v) is 4.58. The summed E-state index contributed by atoms with van der Waals surface area (Å²) in [5.41, 5.74) is 2.19. The van der Waals surface area contributed by atoms with Gasteiger partial charge >= 0.3 is 0 Å². The first-order valence-electron chi connectivity index (χ1n) is 4.58. The summed E-state index contributed by atoms with van der Waals surface area (Å²) >= 11 is 0. The van der Waals surface area contributed by atoms with Crippen LogP contribution in [0.2, 0.25) is 0 Å². The zero-order valence-electron chi connectivity index (χ0n) is 8.26. The third-order valence-corrected chi connectivity index (χ3v) is 2.33. The van der Waals surface area contributed by atoms with Gasteiger partial charge in [0.2, 0.25) is 0 Å². The predicted octanol–water partition coefficient (Wildman–Crippen LogP) is 0.155. The van der Waals surface area contributed by atoms with Crippen molar-refractivity contribution in [3.8, 4) is 0 Å². The van der Waals surface area contributed by atoms with Crippen molar-refractivity contribution in [3.63, 3.8) is 0 Å². The predicted molar refractivity (Wildman–Crippen MR) is 50.1 cm³/mol. The average Bonchev–Trinajstić information content (AvgIpc) is 2.39. The summed E-state index contributed by atoms with van der Waals surface area (Å²) < 4.78 is 4.98. The van der Waals surface area contributed by atoms with Gasteiger partial charge in [0.05, 0.1) is 30.5 Å². The number of aromatic amines is 1. The van der Waals surface area contributed by atoms with Crippen molar-refractivity contribution in [1.82, 2.24) is 15.5 Å². The van der Waals surface area contributed by atoms with Crippen molar-refractivity contribution in [2.75, 3.05) is 13.2 Å².